The van der Waals surface area contributed by atoms with Crippen molar-refractivity contribution in [3.8, 4) is 11.1 Å². The molecule has 1 saturated heterocycles. The molecule has 1 aliphatic rings. The number of aliphatic hydroxyl groups excluding tert-OH is 1. The van der Waals surface area contributed by atoms with E-state index < -0.39 is 6.29 Å². The summed E-state index contributed by atoms with van der Waals surface area (Å²) in [6.45, 7) is 2.43. The monoisotopic (exact) mass is 684 g/mol. The van der Waals surface area contributed by atoms with Crippen LogP contribution in [0.2, 0.25) is 0 Å². The largest absolute Gasteiger partial charge is 0.618 e. The molecule has 4 aromatic carbocycles. The first kappa shape index (κ1) is 33.4. The number of benzene rings is 4. The standard InChI is InChI=1S/C40H36N4O5S/c1-26-36(25-50-37-11-4-5-20-44(37)47)48-40(49-38(26)30-14-12-27(24-45)13-15-30)31-18-16-29(17-19-31)32-8-6-7-28(21-32)22-42-39(46)35-23-41-33-9-2-3-10-34(33)43-35/h2-21,23,26,36,38,40,45H,22,24-25H2,1H3,(H,42,46)/t26-,36+,38+,40+/m1/s1. The van der Waals surface area contributed by atoms with Crippen molar-refractivity contribution in [2.45, 2.75) is 43.6 Å². The highest BCUT2D eigenvalue weighted by atomic mass is 32.2. The molecule has 3 heterocycles. The zero-order valence-corrected chi connectivity index (χ0v) is 28.2. The lowest BCUT2D eigenvalue weighted by Crippen LogP contribution is -2.39. The number of ether oxygens (including phenoxy) is 2. The van der Waals surface area contributed by atoms with Gasteiger partial charge in [-0.25, -0.2) is 4.98 Å². The van der Waals surface area contributed by atoms with E-state index in [1.807, 2.05) is 103 Å². The Labute approximate surface area is 294 Å². The Balaban J connectivity index is 1.06. The van der Waals surface area contributed by atoms with Gasteiger partial charge in [-0.3, -0.25) is 9.78 Å². The van der Waals surface area contributed by atoms with Crippen molar-refractivity contribution in [1.82, 2.24) is 15.3 Å². The first-order valence-electron chi connectivity index (χ1n) is 16.5. The molecule has 0 unspecified atom stereocenters. The quantitative estimate of drug-likeness (QED) is 0.0905. The van der Waals surface area contributed by atoms with Crippen LogP contribution in [0.1, 0.15) is 52.1 Å². The van der Waals surface area contributed by atoms with Gasteiger partial charge in [0, 0.05) is 35.9 Å². The van der Waals surface area contributed by atoms with E-state index in [-0.39, 0.29) is 36.3 Å². The molecule has 2 N–H and O–H groups in total. The van der Waals surface area contributed by atoms with Gasteiger partial charge in [-0.1, -0.05) is 97.5 Å². The van der Waals surface area contributed by atoms with Crippen LogP contribution in [0.3, 0.4) is 0 Å². The summed E-state index contributed by atoms with van der Waals surface area (Å²) in [6, 6.07) is 36.8. The number of pyridine rings is 1. The molecule has 0 saturated carbocycles. The summed E-state index contributed by atoms with van der Waals surface area (Å²) in [6.07, 6.45) is 1.92. The fourth-order valence-corrected chi connectivity index (χ4v) is 7.11. The number of fused-ring (bicyclic) bond motifs is 1. The fourth-order valence-electron chi connectivity index (χ4n) is 6.03. The molecule has 7 rings (SSSR count). The van der Waals surface area contributed by atoms with Crippen molar-refractivity contribution in [3.63, 3.8) is 0 Å². The van der Waals surface area contributed by atoms with E-state index >= 15 is 0 Å². The molecule has 2 aromatic heterocycles. The number of carbonyl (C=O) groups excluding carboxylic acids is 1. The zero-order valence-electron chi connectivity index (χ0n) is 27.4. The lowest BCUT2D eigenvalue weighted by Gasteiger charge is -2.41. The van der Waals surface area contributed by atoms with Crippen LogP contribution < -0.4 is 10.0 Å². The van der Waals surface area contributed by atoms with Crippen molar-refractivity contribution >= 4 is 28.7 Å². The van der Waals surface area contributed by atoms with Gasteiger partial charge in [0.2, 0.25) is 0 Å². The fraction of sp³-hybridized carbons (Fsp3) is 0.200. The minimum absolute atomic E-state index is 0.00155. The van der Waals surface area contributed by atoms with E-state index in [1.165, 1.54) is 24.2 Å². The van der Waals surface area contributed by atoms with Crippen LogP contribution in [-0.2, 0) is 22.6 Å². The van der Waals surface area contributed by atoms with Crippen molar-refractivity contribution < 1.29 is 24.1 Å². The lowest BCUT2D eigenvalue weighted by molar-refractivity contribution is -0.645. The van der Waals surface area contributed by atoms with Gasteiger partial charge in [0.15, 0.2) is 12.5 Å². The molecule has 0 aliphatic carbocycles. The van der Waals surface area contributed by atoms with Crippen molar-refractivity contribution in [1.29, 1.82) is 0 Å². The number of nitrogens with one attached hydrogen (secondary N) is 1. The van der Waals surface area contributed by atoms with Crippen molar-refractivity contribution in [3.05, 3.63) is 161 Å². The minimum atomic E-state index is -0.622. The Morgan fingerprint density at radius 2 is 1.62 bits per heavy atom. The van der Waals surface area contributed by atoms with Crippen molar-refractivity contribution in [2.24, 2.45) is 5.92 Å². The van der Waals surface area contributed by atoms with Crippen LogP contribution >= 0.6 is 11.8 Å². The maximum Gasteiger partial charge on any atom is 0.271 e. The van der Waals surface area contributed by atoms with Gasteiger partial charge in [-0.15, -0.1) is 0 Å². The normalized spacial score (nSPS) is 18.9. The predicted molar refractivity (Wildman–Crippen MR) is 192 cm³/mol. The number of nitrogens with zero attached hydrogens (tertiary/aromatic N) is 3. The number of amides is 1. The number of carbonyl (C=O) groups is 1. The molecule has 1 amide bonds. The third-order valence-corrected chi connectivity index (χ3v) is 9.99. The first-order valence-corrected chi connectivity index (χ1v) is 17.4. The number of hydrogen-bond acceptors (Lipinski definition) is 8. The van der Waals surface area contributed by atoms with E-state index in [0.29, 0.717) is 22.8 Å². The number of hydrogen-bond donors (Lipinski definition) is 2. The minimum Gasteiger partial charge on any atom is -0.618 e. The van der Waals surface area contributed by atoms with Crippen LogP contribution in [0.25, 0.3) is 22.2 Å². The average molecular weight is 685 g/mol. The van der Waals surface area contributed by atoms with Crippen LogP contribution in [-0.4, -0.2) is 32.8 Å². The lowest BCUT2D eigenvalue weighted by atomic mass is 9.91. The first-order chi connectivity index (χ1) is 24.4. The number of aliphatic hydroxyl groups is 1. The third kappa shape index (κ3) is 7.54. The molecule has 1 fully saturated rings. The van der Waals surface area contributed by atoms with E-state index in [1.54, 1.807) is 6.07 Å². The average Bonchev–Trinajstić information content (AvgIpc) is 3.17. The van der Waals surface area contributed by atoms with E-state index in [9.17, 15) is 15.1 Å². The molecule has 0 spiro atoms. The second kappa shape index (κ2) is 15.2. The van der Waals surface area contributed by atoms with Gasteiger partial charge in [-0.05, 0) is 52.1 Å². The molecule has 4 atom stereocenters. The topological polar surface area (TPSA) is 121 Å². The zero-order chi connectivity index (χ0) is 34.5. The summed E-state index contributed by atoms with van der Waals surface area (Å²) in [5.74, 6) is 0.293. The molecule has 6 aromatic rings. The Kier molecular flexibility index (Phi) is 10.1. The number of para-hydroxylation sites is 2. The second-order valence-electron chi connectivity index (χ2n) is 12.2. The Bertz CT molecular complexity index is 2090. The van der Waals surface area contributed by atoms with Crippen molar-refractivity contribution in [2.75, 3.05) is 5.75 Å². The summed E-state index contributed by atoms with van der Waals surface area (Å²) in [5.41, 5.74) is 7.39. The van der Waals surface area contributed by atoms with Crippen LogP contribution in [0.4, 0.5) is 0 Å². The summed E-state index contributed by atoms with van der Waals surface area (Å²) >= 11 is 1.47. The third-order valence-electron chi connectivity index (χ3n) is 8.88. The van der Waals surface area contributed by atoms with Gasteiger partial charge < -0.3 is 25.1 Å². The highest BCUT2D eigenvalue weighted by Crippen LogP contribution is 2.43. The summed E-state index contributed by atoms with van der Waals surface area (Å²) in [5, 5.41) is 25.5. The molecule has 10 heteroatoms. The van der Waals surface area contributed by atoms with Crippen LogP contribution in [0, 0.1) is 11.1 Å². The molecule has 0 radical (unpaired) electrons. The SMILES string of the molecule is C[C@@H]1[C@H](CSc2cccc[n+]2[O-])O[C@H](c2ccc(-c3cccc(CNC(=O)c4cnc5ccccc5n4)c3)cc2)O[C@@H]1c1ccc(CO)cc1. The number of rotatable bonds is 10. The smallest absolute Gasteiger partial charge is 0.271 e. The van der Waals surface area contributed by atoms with Crippen LogP contribution in [0.5, 0.6) is 0 Å². The Hall–Kier alpha value is -5.13. The second-order valence-corrected chi connectivity index (χ2v) is 13.3. The van der Waals surface area contributed by atoms with Gasteiger partial charge >= 0.3 is 0 Å². The summed E-state index contributed by atoms with van der Waals surface area (Å²) in [4.78, 5) is 21.6. The van der Waals surface area contributed by atoms with E-state index in [4.69, 9.17) is 9.47 Å². The Morgan fingerprint density at radius 3 is 2.40 bits per heavy atom. The van der Waals surface area contributed by atoms with Gasteiger partial charge in [-0.2, -0.15) is 4.73 Å². The molecule has 252 valence electrons. The van der Waals surface area contributed by atoms with E-state index in [0.717, 1.165) is 43.6 Å². The molecule has 9 nitrogen and oxygen atoms in total. The van der Waals surface area contributed by atoms with Gasteiger partial charge in [0.05, 0.1) is 36.0 Å². The highest BCUT2D eigenvalue weighted by molar-refractivity contribution is 7.99. The summed E-state index contributed by atoms with van der Waals surface area (Å²) < 4.78 is 14.1. The number of aromatic nitrogens is 3. The maximum absolute atomic E-state index is 12.9. The van der Waals surface area contributed by atoms with Crippen LogP contribution in [0.15, 0.2) is 133 Å². The highest BCUT2D eigenvalue weighted by Gasteiger charge is 2.38. The van der Waals surface area contributed by atoms with E-state index in [2.05, 4.69) is 28.3 Å². The van der Waals surface area contributed by atoms with Gasteiger partial charge in [0.1, 0.15) is 5.69 Å². The number of thioether (sulfide) groups is 1. The Morgan fingerprint density at radius 1 is 0.860 bits per heavy atom. The molecule has 50 heavy (non-hydrogen) atoms. The maximum atomic E-state index is 12.9. The molecular weight excluding hydrogens is 649 g/mol. The molecular formula is C40H36N4O5S. The summed E-state index contributed by atoms with van der Waals surface area (Å²) in [7, 11) is 0. The molecule has 1 aliphatic heterocycles. The predicted octanol–water partition coefficient (Wildman–Crippen LogP) is 6.94. The van der Waals surface area contributed by atoms with Gasteiger partial charge in [0.25, 0.3) is 10.9 Å². The molecule has 0 bridgehead atoms.